The molecule has 1 heterocycles. The van der Waals surface area contributed by atoms with Gasteiger partial charge in [0.1, 0.15) is 23.7 Å². The van der Waals surface area contributed by atoms with Crippen LogP contribution in [0.5, 0.6) is 5.75 Å². The Hall–Kier alpha value is -3.57. The lowest BCUT2D eigenvalue weighted by atomic mass is 9.89. The number of rotatable bonds is 7. The second-order valence-electron chi connectivity index (χ2n) is 9.75. The smallest absolute Gasteiger partial charge is 0.307 e. The van der Waals surface area contributed by atoms with Crippen LogP contribution in [0.4, 0.5) is 0 Å². The summed E-state index contributed by atoms with van der Waals surface area (Å²) in [6.07, 6.45) is -0.0878. The van der Waals surface area contributed by atoms with Crippen molar-refractivity contribution in [3.8, 4) is 16.9 Å². The van der Waals surface area contributed by atoms with Gasteiger partial charge in [0, 0.05) is 28.5 Å². The van der Waals surface area contributed by atoms with Gasteiger partial charge in [0.2, 0.25) is 0 Å². The summed E-state index contributed by atoms with van der Waals surface area (Å²) in [6.45, 7) is 13.1. The lowest BCUT2D eigenvalue weighted by Crippen LogP contribution is -2.14. The lowest BCUT2D eigenvalue weighted by Gasteiger charge is -2.18. The summed E-state index contributed by atoms with van der Waals surface area (Å²) in [5, 5.41) is 10.3. The molecule has 5 nitrogen and oxygen atoms in total. The molecule has 0 bridgehead atoms. The molecule has 5 heteroatoms. The zero-order valence-corrected chi connectivity index (χ0v) is 22.1. The minimum Gasteiger partial charge on any atom is -0.488 e. The molecule has 1 aromatic heterocycles. The third-order valence-corrected chi connectivity index (χ3v) is 5.90. The summed E-state index contributed by atoms with van der Waals surface area (Å²) in [4.78, 5) is 11.3. The fraction of sp³-hybridized carbons (Fsp3) is 0.323. The summed E-state index contributed by atoms with van der Waals surface area (Å²) < 4.78 is 12.6. The Labute approximate surface area is 213 Å². The van der Waals surface area contributed by atoms with E-state index in [0.717, 1.165) is 44.5 Å². The number of nitrogens with two attached hydrogens (primary N) is 1. The number of benzene rings is 3. The van der Waals surface area contributed by atoms with E-state index in [2.05, 4.69) is 45.0 Å². The Kier molecular flexibility index (Phi) is 8.59. The van der Waals surface area contributed by atoms with E-state index in [1.165, 1.54) is 0 Å². The largest absolute Gasteiger partial charge is 0.488 e. The summed E-state index contributed by atoms with van der Waals surface area (Å²) in [5.74, 6) is 0.563. The van der Waals surface area contributed by atoms with E-state index in [4.69, 9.17) is 14.9 Å². The van der Waals surface area contributed by atoms with E-state index in [0.29, 0.717) is 17.9 Å². The average Bonchev–Trinajstić information content (AvgIpc) is 3.23. The van der Waals surface area contributed by atoms with Crippen LogP contribution in [0.1, 0.15) is 62.6 Å². The van der Waals surface area contributed by atoms with Crippen molar-refractivity contribution < 1.29 is 19.1 Å². The third kappa shape index (κ3) is 6.16. The van der Waals surface area contributed by atoms with Crippen LogP contribution in [-0.2, 0) is 29.8 Å². The van der Waals surface area contributed by atoms with E-state index in [9.17, 15) is 9.90 Å². The number of hydrogen-bond acceptors (Lipinski definition) is 4. The van der Waals surface area contributed by atoms with Crippen LogP contribution >= 0.6 is 0 Å². The van der Waals surface area contributed by atoms with E-state index in [1.54, 1.807) is 0 Å². The molecular formula is C31H37NO4. The lowest BCUT2D eigenvalue weighted by molar-refractivity contribution is -0.136. The molecular weight excluding hydrogens is 450 g/mol. The first-order chi connectivity index (χ1) is 17.2. The number of ether oxygens (including phenoxy) is 1. The number of furan rings is 1. The maximum absolute atomic E-state index is 11.3. The Balaban J connectivity index is 0.00000176. The van der Waals surface area contributed by atoms with Gasteiger partial charge in [0.05, 0.1) is 6.42 Å². The van der Waals surface area contributed by atoms with Gasteiger partial charge in [-0.2, -0.15) is 0 Å². The van der Waals surface area contributed by atoms with Gasteiger partial charge in [-0.15, -0.1) is 0 Å². The molecule has 0 amide bonds. The van der Waals surface area contributed by atoms with Gasteiger partial charge in [-0.1, -0.05) is 71.0 Å². The van der Waals surface area contributed by atoms with Gasteiger partial charge in [-0.05, 0) is 53.4 Å². The first-order valence-corrected chi connectivity index (χ1v) is 12.4. The van der Waals surface area contributed by atoms with Crippen molar-refractivity contribution in [1.82, 2.24) is 0 Å². The van der Waals surface area contributed by atoms with Crippen LogP contribution < -0.4 is 10.5 Å². The normalized spacial score (nSPS) is 11.2. The number of aliphatic carboxylic acids is 1. The second kappa shape index (κ2) is 11.4. The van der Waals surface area contributed by atoms with Crippen molar-refractivity contribution in [3.05, 3.63) is 88.7 Å². The minimum absolute atomic E-state index is 0.0878. The molecule has 0 unspecified atom stereocenters. The molecule has 0 saturated heterocycles. The topological polar surface area (TPSA) is 85.7 Å². The molecule has 0 saturated carbocycles. The molecule has 3 N–H and O–H groups in total. The number of aryl methyl sites for hydroxylation is 1. The zero-order valence-electron chi connectivity index (χ0n) is 22.1. The Bertz CT molecular complexity index is 1340. The SMILES string of the molecule is CC.Cc1ccc(CC(=O)O)c(OCc2c(C(C)(C)C)oc3ccc(-c4cccc(CN)c4)cc23)c1. The number of carboxylic acids is 1. The predicted octanol–water partition coefficient (Wildman–Crippen LogP) is 7.40. The van der Waals surface area contributed by atoms with Gasteiger partial charge in [-0.25, -0.2) is 0 Å². The fourth-order valence-corrected chi connectivity index (χ4v) is 4.21. The Morgan fingerprint density at radius 2 is 1.72 bits per heavy atom. The molecule has 4 aromatic rings. The number of hydrogen-bond donors (Lipinski definition) is 2. The monoisotopic (exact) mass is 487 g/mol. The maximum Gasteiger partial charge on any atom is 0.307 e. The van der Waals surface area contributed by atoms with E-state index in [-0.39, 0.29) is 18.4 Å². The molecule has 0 aliphatic heterocycles. The van der Waals surface area contributed by atoms with Crippen molar-refractivity contribution in [2.75, 3.05) is 0 Å². The summed E-state index contributed by atoms with van der Waals surface area (Å²) in [7, 11) is 0. The van der Waals surface area contributed by atoms with E-state index in [1.807, 2.05) is 57.2 Å². The highest BCUT2D eigenvalue weighted by molar-refractivity contribution is 5.87. The average molecular weight is 488 g/mol. The van der Waals surface area contributed by atoms with Crippen LogP contribution in [0.25, 0.3) is 22.1 Å². The quantitative estimate of drug-likeness (QED) is 0.284. The minimum atomic E-state index is -0.887. The third-order valence-electron chi connectivity index (χ3n) is 5.90. The molecule has 0 atom stereocenters. The van der Waals surface area contributed by atoms with Crippen molar-refractivity contribution in [3.63, 3.8) is 0 Å². The number of fused-ring (bicyclic) bond motifs is 1. The number of carboxylic acid groups (broad SMARTS) is 1. The Morgan fingerprint density at radius 3 is 2.39 bits per heavy atom. The second-order valence-corrected chi connectivity index (χ2v) is 9.75. The van der Waals surface area contributed by atoms with Crippen LogP contribution in [0.3, 0.4) is 0 Å². The first kappa shape index (κ1) is 27.0. The van der Waals surface area contributed by atoms with Gasteiger partial charge in [0.15, 0.2) is 0 Å². The van der Waals surface area contributed by atoms with Crippen LogP contribution in [0.2, 0.25) is 0 Å². The molecule has 36 heavy (non-hydrogen) atoms. The van der Waals surface area contributed by atoms with Gasteiger partial charge < -0.3 is 20.0 Å². The summed E-state index contributed by atoms with van der Waals surface area (Å²) >= 11 is 0. The van der Waals surface area contributed by atoms with Gasteiger partial charge >= 0.3 is 5.97 Å². The van der Waals surface area contributed by atoms with Gasteiger partial charge in [0.25, 0.3) is 0 Å². The molecule has 190 valence electrons. The fourth-order valence-electron chi connectivity index (χ4n) is 4.21. The standard InChI is InChI=1S/C29H31NO4.C2H6/c1-18-8-9-22(15-27(31)32)26(12-18)33-17-24-23-14-21(20-7-5-6-19(13-20)16-30)10-11-25(23)34-28(24)29(2,3)4;1-2/h5-14H,15-17,30H2,1-4H3,(H,31,32);1-2H3. The first-order valence-electron chi connectivity index (χ1n) is 12.4. The van der Waals surface area contributed by atoms with Crippen molar-refractivity contribution in [2.45, 2.75) is 66.5 Å². The van der Waals surface area contributed by atoms with E-state index >= 15 is 0 Å². The highest BCUT2D eigenvalue weighted by Gasteiger charge is 2.26. The van der Waals surface area contributed by atoms with Gasteiger partial charge in [-0.3, -0.25) is 4.79 Å². The van der Waals surface area contributed by atoms with Crippen molar-refractivity contribution in [2.24, 2.45) is 5.73 Å². The number of carbonyl (C=O) groups is 1. The van der Waals surface area contributed by atoms with Crippen LogP contribution in [0, 0.1) is 6.92 Å². The molecule has 4 rings (SSSR count). The van der Waals surface area contributed by atoms with Crippen LogP contribution in [0.15, 0.2) is 65.1 Å². The Morgan fingerprint density at radius 1 is 1.00 bits per heavy atom. The summed E-state index contributed by atoms with van der Waals surface area (Å²) in [5.41, 5.74) is 12.3. The van der Waals surface area contributed by atoms with E-state index < -0.39 is 5.97 Å². The van der Waals surface area contributed by atoms with Crippen LogP contribution in [-0.4, -0.2) is 11.1 Å². The summed E-state index contributed by atoms with van der Waals surface area (Å²) in [6, 6.07) is 20.0. The molecule has 0 fully saturated rings. The molecule has 3 aromatic carbocycles. The van der Waals surface area contributed by atoms with Crippen molar-refractivity contribution in [1.29, 1.82) is 0 Å². The molecule has 0 aliphatic carbocycles. The molecule has 0 radical (unpaired) electrons. The predicted molar refractivity (Wildman–Crippen MR) is 146 cm³/mol. The highest BCUT2D eigenvalue weighted by atomic mass is 16.5. The maximum atomic E-state index is 11.3. The zero-order chi connectivity index (χ0) is 26.5. The molecule has 0 aliphatic rings. The molecule has 0 spiro atoms. The van der Waals surface area contributed by atoms with Crippen molar-refractivity contribution >= 4 is 16.9 Å². The highest BCUT2D eigenvalue weighted by Crippen LogP contribution is 2.37.